The summed E-state index contributed by atoms with van der Waals surface area (Å²) in [7, 11) is -0.914. The lowest BCUT2D eigenvalue weighted by Crippen LogP contribution is -2.45. The van der Waals surface area contributed by atoms with Gasteiger partial charge in [0.05, 0.1) is 11.2 Å². The van der Waals surface area contributed by atoms with E-state index in [2.05, 4.69) is 4.74 Å². The van der Waals surface area contributed by atoms with Crippen LogP contribution >= 0.6 is 0 Å². The average Bonchev–Trinajstić information content (AvgIpc) is 2.49. The van der Waals surface area contributed by atoms with Gasteiger partial charge in [0.15, 0.2) is 0 Å². The second kappa shape index (κ2) is 6.16. The average molecular weight is 350 g/mol. The van der Waals surface area contributed by atoms with E-state index in [0.717, 1.165) is 0 Å². The van der Waals surface area contributed by atoms with Crippen LogP contribution in [0.4, 0.5) is 26.3 Å². The van der Waals surface area contributed by atoms with Gasteiger partial charge in [-0.1, -0.05) is 0 Å². The molecule has 11 heteroatoms. The lowest BCUT2D eigenvalue weighted by atomic mass is 9.83. The van der Waals surface area contributed by atoms with Gasteiger partial charge in [0, 0.05) is 6.42 Å². The monoisotopic (exact) mass is 350 g/mol. The van der Waals surface area contributed by atoms with Crippen LogP contribution in [-0.2, 0) is 18.8 Å². The number of hydrogen-bond donors (Lipinski definition) is 0. The molecular formula is C12H17BF6O4. The Morgan fingerprint density at radius 1 is 1.00 bits per heavy atom. The van der Waals surface area contributed by atoms with Crippen LogP contribution in [0.15, 0.2) is 0 Å². The van der Waals surface area contributed by atoms with Crippen LogP contribution in [0, 0.1) is 0 Å². The molecule has 0 aliphatic carbocycles. The molecule has 1 rings (SSSR count). The maximum Gasteiger partial charge on any atom is 0.458 e. The standard InChI is InChI=1S/C12H17BF6O4/c1-9(2)10(3,4)23-13(22-9)6-5-7(20)21-8(11(14,15)16)12(17,18)19/h8H,5-6H2,1-4H3. The van der Waals surface area contributed by atoms with Gasteiger partial charge in [-0.3, -0.25) is 4.79 Å². The normalized spacial score (nSPS) is 20.9. The van der Waals surface area contributed by atoms with E-state index >= 15 is 0 Å². The molecule has 1 aliphatic heterocycles. The number of carbonyl (C=O) groups is 1. The number of ether oxygens (including phenoxy) is 1. The van der Waals surface area contributed by atoms with Crippen molar-refractivity contribution in [1.82, 2.24) is 0 Å². The molecule has 0 radical (unpaired) electrons. The molecule has 0 atom stereocenters. The molecule has 1 saturated heterocycles. The van der Waals surface area contributed by atoms with Crippen molar-refractivity contribution in [1.29, 1.82) is 0 Å². The first kappa shape index (κ1) is 20.1. The number of carbonyl (C=O) groups excluding carboxylic acids is 1. The topological polar surface area (TPSA) is 44.8 Å². The summed E-state index contributed by atoms with van der Waals surface area (Å²) in [4.78, 5) is 11.3. The molecule has 1 aliphatic rings. The van der Waals surface area contributed by atoms with E-state index in [1.165, 1.54) is 0 Å². The van der Waals surface area contributed by atoms with Gasteiger partial charge in [0.2, 0.25) is 0 Å². The largest absolute Gasteiger partial charge is 0.458 e. The van der Waals surface area contributed by atoms with Crippen LogP contribution in [0.3, 0.4) is 0 Å². The molecule has 0 saturated carbocycles. The van der Waals surface area contributed by atoms with Crippen molar-refractivity contribution in [3.8, 4) is 0 Å². The predicted molar refractivity (Wildman–Crippen MR) is 67.5 cm³/mol. The first-order valence-corrected chi connectivity index (χ1v) is 6.75. The van der Waals surface area contributed by atoms with Crippen LogP contribution in [-0.4, -0.2) is 42.7 Å². The van der Waals surface area contributed by atoms with Crippen LogP contribution in [0.2, 0.25) is 6.32 Å². The molecule has 0 amide bonds. The number of hydrogen-bond acceptors (Lipinski definition) is 4. The zero-order valence-electron chi connectivity index (χ0n) is 13.0. The number of halogens is 6. The molecule has 0 aromatic carbocycles. The van der Waals surface area contributed by atoms with Crippen LogP contribution < -0.4 is 0 Å². The van der Waals surface area contributed by atoms with E-state index in [1.807, 2.05) is 0 Å². The Kier molecular flexibility index (Phi) is 5.37. The molecule has 1 heterocycles. The van der Waals surface area contributed by atoms with Crippen LogP contribution in [0.25, 0.3) is 0 Å². The van der Waals surface area contributed by atoms with E-state index < -0.39 is 49.2 Å². The van der Waals surface area contributed by atoms with Crippen molar-refractivity contribution in [3.63, 3.8) is 0 Å². The van der Waals surface area contributed by atoms with Gasteiger partial charge in [-0.25, -0.2) is 0 Å². The Labute approximate surface area is 129 Å². The number of esters is 1. The zero-order valence-corrected chi connectivity index (χ0v) is 13.0. The fraction of sp³-hybridized carbons (Fsp3) is 0.917. The molecule has 134 valence electrons. The van der Waals surface area contributed by atoms with Crippen LogP contribution in [0.1, 0.15) is 34.1 Å². The molecule has 0 unspecified atom stereocenters. The summed E-state index contributed by atoms with van der Waals surface area (Å²) in [5.74, 6) is -1.63. The number of rotatable bonds is 4. The van der Waals surface area contributed by atoms with E-state index in [-0.39, 0.29) is 6.32 Å². The quantitative estimate of drug-likeness (QED) is 0.442. The minimum atomic E-state index is -5.72. The predicted octanol–water partition coefficient (Wildman–Crippen LogP) is 3.51. The summed E-state index contributed by atoms with van der Waals surface area (Å²) in [6, 6.07) is 0. The fourth-order valence-electron chi connectivity index (χ4n) is 1.83. The first-order valence-electron chi connectivity index (χ1n) is 6.75. The van der Waals surface area contributed by atoms with Crippen molar-refractivity contribution >= 4 is 13.1 Å². The molecule has 0 N–H and O–H groups in total. The Balaban J connectivity index is 2.58. The van der Waals surface area contributed by atoms with Crippen molar-refractivity contribution < 1.29 is 45.2 Å². The minimum absolute atomic E-state index is 0.214. The number of alkyl halides is 6. The first-order chi connectivity index (χ1) is 10.1. The van der Waals surface area contributed by atoms with Gasteiger partial charge in [0.1, 0.15) is 0 Å². The maximum absolute atomic E-state index is 12.3. The Hall–Kier alpha value is -0.965. The highest BCUT2D eigenvalue weighted by molar-refractivity contribution is 6.45. The SMILES string of the molecule is CC1(C)OB(CCC(=O)OC(C(F)(F)F)C(F)(F)F)OC1(C)C. The summed E-state index contributed by atoms with van der Waals surface area (Å²) in [6.45, 7) is 6.87. The van der Waals surface area contributed by atoms with Crippen molar-refractivity contribution in [2.75, 3.05) is 0 Å². The third-order valence-corrected chi connectivity index (χ3v) is 3.73. The molecule has 0 aromatic heterocycles. The van der Waals surface area contributed by atoms with Gasteiger partial charge in [-0.15, -0.1) is 0 Å². The smallest absolute Gasteiger partial charge is 0.443 e. The highest BCUT2D eigenvalue weighted by atomic mass is 19.4. The molecule has 0 spiro atoms. The van der Waals surface area contributed by atoms with Gasteiger partial charge in [-0.2, -0.15) is 26.3 Å². The van der Waals surface area contributed by atoms with Gasteiger partial charge < -0.3 is 14.0 Å². The molecular weight excluding hydrogens is 333 g/mol. The summed E-state index contributed by atoms with van der Waals surface area (Å²) in [5, 5.41) is 0. The third kappa shape index (κ3) is 5.00. The second-order valence-electron chi connectivity index (χ2n) is 6.18. The van der Waals surface area contributed by atoms with Crippen molar-refractivity contribution in [3.05, 3.63) is 0 Å². The Bertz CT molecular complexity index is 416. The molecule has 4 nitrogen and oxygen atoms in total. The fourth-order valence-corrected chi connectivity index (χ4v) is 1.83. The van der Waals surface area contributed by atoms with Gasteiger partial charge in [-0.05, 0) is 34.0 Å². The van der Waals surface area contributed by atoms with Gasteiger partial charge >= 0.3 is 25.4 Å². The van der Waals surface area contributed by atoms with Crippen molar-refractivity contribution in [2.24, 2.45) is 0 Å². The second-order valence-corrected chi connectivity index (χ2v) is 6.18. The Morgan fingerprint density at radius 2 is 1.39 bits per heavy atom. The maximum atomic E-state index is 12.3. The molecule has 23 heavy (non-hydrogen) atoms. The van der Waals surface area contributed by atoms with E-state index in [1.54, 1.807) is 27.7 Å². The summed E-state index contributed by atoms with van der Waals surface area (Å²) >= 11 is 0. The highest BCUT2D eigenvalue weighted by Gasteiger charge is 2.60. The Morgan fingerprint density at radius 3 is 1.74 bits per heavy atom. The van der Waals surface area contributed by atoms with E-state index in [9.17, 15) is 31.1 Å². The van der Waals surface area contributed by atoms with Crippen LogP contribution in [0.5, 0.6) is 0 Å². The van der Waals surface area contributed by atoms with Crippen molar-refractivity contribution in [2.45, 2.75) is 70.1 Å². The highest BCUT2D eigenvalue weighted by Crippen LogP contribution is 2.39. The molecule has 0 bridgehead atoms. The third-order valence-electron chi connectivity index (χ3n) is 3.73. The summed E-state index contributed by atoms with van der Waals surface area (Å²) < 4.78 is 88.1. The molecule has 1 fully saturated rings. The lowest BCUT2D eigenvalue weighted by molar-refractivity contribution is -0.313. The zero-order chi connectivity index (χ0) is 18.3. The lowest BCUT2D eigenvalue weighted by Gasteiger charge is -2.32. The summed E-state index contributed by atoms with van der Waals surface area (Å²) in [5.41, 5.74) is -1.44. The summed E-state index contributed by atoms with van der Waals surface area (Å²) in [6.07, 6.45) is -16.5. The molecule has 0 aromatic rings. The minimum Gasteiger partial charge on any atom is -0.443 e. The van der Waals surface area contributed by atoms with E-state index in [0.29, 0.717) is 0 Å². The van der Waals surface area contributed by atoms with Gasteiger partial charge in [0.25, 0.3) is 6.10 Å². The van der Waals surface area contributed by atoms with E-state index in [4.69, 9.17) is 9.31 Å².